The number of amides is 2. The van der Waals surface area contributed by atoms with Gasteiger partial charge in [-0.15, -0.1) is 0 Å². The van der Waals surface area contributed by atoms with Gasteiger partial charge in [-0.3, -0.25) is 9.59 Å². The van der Waals surface area contributed by atoms with Crippen molar-refractivity contribution in [2.45, 2.75) is 18.4 Å². The fourth-order valence-corrected chi connectivity index (χ4v) is 4.01. The van der Waals surface area contributed by atoms with Crippen molar-refractivity contribution in [2.75, 3.05) is 13.1 Å². The molecule has 1 saturated heterocycles. The van der Waals surface area contributed by atoms with Gasteiger partial charge in [-0.1, -0.05) is 46.3 Å². The van der Waals surface area contributed by atoms with Crippen LogP contribution in [0.4, 0.5) is 0 Å². The Labute approximate surface area is 194 Å². The van der Waals surface area contributed by atoms with E-state index in [1.54, 1.807) is 41.3 Å². The summed E-state index contributed by atoms with van der Waals surface area (Å²) in [5.74, 6) is -0.228. The van der Waals surface area contributed by atoms with Crippen molar-refractivity contribution in [3.05, 3.63) is 100 Å². The lowest BCUT2D eigenvalue weighted by Gasteiger charge is -2.38. The Morgan fingerprint density at radius 2 is 1.69 bits per heavy atom. The summed E-state index contributed by atoms with van der Waals surface area (Å²) in [6.07, 6.45) is 3.84. The molecule has 0 atom stereocenters. The summed E-state index contributed by atoms with van der Waals surface area (Å²) in [4.78, 5) is 27.6. The minimum absolute atomic E-state index is 0.128. The summed E-state index contributed by atoms with van der Waals surface area (Å²) in [6.45, 7) is 0.726. The van der Waals surface area contributed by atoms with Crippen LogP contribution < -0.4 is 5.32 Å². The normalized spacial score (nSPS) is 15.9. The highest BCUT2D eigenvalue weighted by molar-refractivity contribution is 9.10. The molecule has 2 aromatic carbocycles. The number of piperidine rings is 1. The van der Waals surface area contributed by atoms with Gasteiger partial charge in [-0.2, -0.15) is 0 Å². The van der Waals surface area contributed by atoms with Crippen molar-refractivity contribution in [3.63, 3.8) is 0 Å². The van der Waals surface area contributed by atoms with Crippen LogP contribution in [0.5, 0.6) is 0 Å². The van der Waals surface area contributed by atoms with Gasteiger partial charge in [0.1, 0.15) is 11.5 Å². The van der Waals surface area contributed by atoms with Crippen LogP contribution in [0.2, 0.25) is 0 Å². The largest absolute Gasteiger partial charge is 0.465 e. The van der Waals surface area contributed by atoms with Crippen molar-refractivity contribution in [2.24, 2.45) is 0 Å². The summed E-state index contributed by atoms with van der Waals surface area (Å²) in [7, 11) is 0. The van der Waals surface area contributed by atoms with E-state index in [1.807, 2.05) is 30.3 Å². The molecule has 1 aliphatic rings. The molecule has 6 nitrogen and oxygen atoms in total. The van der Waals surface area contributed by atoms with E-state index in [4.69, 9.17) is 4.42 Å². The predicted octanol–water partition coefficient (Wildman–Crippen LogP) is 4.32. The number of aliphatic hydroxyl groups is 1. The zero-order chi connectivity index (χ0) is 22.6. The van der Waals surface area contributed by atoms with Crippen LogP contribution in [0, 0.1) is 0 Å². The standard InChI is InChI=1S/C25H23BrN2O4/c26-20-10-8-19(9-11-20)25(31)12-14-28(15-13-25)24(30)22(17-21-7-4-16-32-21)27-23(29)18-5-2-1-3-6-18/h1-11,16-17,31H,12-15H2,(H,27,29)/b22-17-. The van der Waals surface area contributed by atoms with Crippen molar-refractivity contribution < 1.29 is 19.1 Å². The van der Waals surface area contributed by atoms with E-state index in [9.17, 15) is 14.7 Å². The van der Waals surface area contributed by atoms with Gasteiger partial charge in [-0.25, -0.2) is 0 Å². The fraction of sp³-hybridized carbons (Fsp3) is 0.200. The van der Waals surface area contributed by atoms with Gasteiger partial charge in [0.25, 0.3) is 11.8 Å². The van der Waals surface area contributed by atoms with Crippen LogP contribution in [-0.4, -0.2) is 34.9 Å². The highest BCUT2D eigenvalue weighted by Crippen LogP contribution is 2.33. The zero-order valence-electron chi connectivity index (χ0n) is 17.3. The topological polar surface area (TPSA) is 82.8 Å². The smallest absolute Gasteiger partial charge is 0.270 e. The fourth-order valence-electron chi connectivity index (χ4n) is 3.75. The second-order valence-corrected chi connectivity index (χ2v) is 8.64. The molecular weight excluding hydrogens is 472 g/mol. The third kappa shape index (κ3) is 5.00. The summed E-state index contributed by atoms with van der Waals surface area (Å²) < 4.78 is 6.29. The number of rotatable bonds is 5. The number of hydrogen-bond acceptors (Lipinski definition) is 4. The number of benzene rings is 2. The molecule has 0 saturated carbocycles. The lowest BCUT2D eigenvalue weighted by Crippen LogP contribution is -2.47. The van der Waals surface area contributed by atoms with E-state index < -0.39 is 5.60 Å². The van der Waals surface area contributed by atoms with E-state index in [0.29, 0.717) is 37.3 Å². The van der Waals surface area contributed by atoms with Gasteiger partial charge in [0.05, 0.1) is 11.9 Å². The molecule has 0 aliphatic carbocycles. The predicted molar refractivity (Wildman–Crippen MR) is 124 cm³/mol. The second kappa shape index (κ2) is 9.54. The molecule has 0 unspecified atom stereocenters. The maximum absolute atomic E-state index is 13.3. The first kappa shape index (κ1) is 22.0. The molecule has 164 valence electrons. The molecule has 3 aromatic rings. The quantitative estimate of drug-likeness (QED) is 0.517. The van der Waals surface area contributed by atoms with Crippen molar-refractivity contribution in [1.82, 2.24) is 10.2 Å². The minimum Gasteiger partial charge on any atom is -0.465 e. The van der Waals surface area contributed by atoms with Crippen LogP contribution in [0.15, 0.2) is 87.6 Å². The summed E-state index contributed by atoms with van der Waals surface area (Å²) in [5.41, 5.74) is 0.420. The third-order valence-electron chi connectivity index (χ3n) is 5.60. The van der Waals surface area contributed by atoms with Crippen LogP contribution in [-0.2, 0) is 10.4 Å². The Morgan fingerprint density at radius 1 is 1.00 bits per heavy atom. The first-order valence-electron chi connectivity index (χ1n) is 10.3. The molecule has 2 heterocycles. The lowest BCUT2D eigenvalue weighted by molar-refractivity contribution is -0.131. The molecule has 7 heteroatoms. The molecule has 1 fully saturated rings. The molecule has 4 rings (SSSR count). The molecule has 0 bridgehead atoms. The number of halogens is 1. The minimum atomic E-state index is -0.990. The Kier molecular flexibility index (Phi) is 6.58. The van der Waals surface area contributed by atoms with Gasteiger partial charge < -0.3 is 19.7 Å². The summed E-state index contributed by atoms with van der Waals surface area (Å²) in [6, 6.07) is 19.7. The zero-order valence-corrected chi connectivity index (χ0v) is 18.9. The number of likely N-dealkylation sites (tertiary alicyclic amines) is 1. The second-order valence-electron chi connectivity index (χ2n) is 7.72. The van der Waals surface area contributed by atoms with E-state index in [0.717, 1.165) is 10.0 Å². The molecule has 1 aromatic heterocycles. The Hall–Kier alpha value is -3.16. The number of nitrogens with zero attached hydrogens (tertiary/aromatic N) is 1. The molecule has 0 radical (unpaired) electrons. The number of carbonyl (C=O) groups is 2. The number of carbonyl (C=O) groups excluding carboxylic acids is 2. The SMILES string of the molecule is O=C(N/C(=C\c1ccco1)C(=O)N1CCC(O)(c2ccc(Br)cc2)CC1)c1ccccc1. The summed E-state index contributed by atoms with van der Waals surface area (Å²) >= 11 is 3.41. The average molecular weight is 495 g/mol. The Balaban J connectivity index is 1.50. The Morgan fingerprint density at radius 3 is 2.31 bits per heavy atom. The van der Waals surface area contributed by atoms with Crippen LogP contribution in [0.1, 0.15) is 34.5 Å². The van der Waals surface area contributed by atoms with E-state index >= 15 is 0 Å². The first-order chi connectivity index (χ1) is 15.4. The van der Waals surface area contributed by atoms with Gasteiger partial charge >= 0.3 is 0 Å². The maximum Gasteiger partial charge on any atom is 0.270 e. The van der Waals surface area contributed by atoms with Gasteiger partial charge in [0.15, 0.2) is 0 Å². The first-order valence-corrected chi connectivity index (χ1v) is 11.1. The number of nitrogens with one attached hydrogen (secondary N) is 1. The average Bonchev–Trinajstić information content (AvgIpc) is 3.33. The Bertz CT molecular complexity index is 1100. The number of furan rings is 1. The highest BCUT2D eigenvalue weighted by atomic mass is 79.9. The molecule has 1 aliphatic heterocycles. The van der Waals surface area contributed by atoms with E-state index in [2.05, 4.69) is 21.2 Å². The van der Waals surface area contributed by atoms with Crippen LogP contribution in [0.25, 0.3) is 6.08 Å². The molecule has 2 N–H and O–H groups in total. The van der Waals surface area contributed by atoms with Crippen molar-refractivity contribution in [3.8, 4) is 0 Å². The molecular formula is C25H23BrN2O4. The van der Waals surface area contributed by atoms with Gasteiger partial charge in [0.2, 0.25) is 0 Å². The summed E-state index contributed by atoms with van der Waals surface area (Å²) in [5, 5.41) is 13.9. The van der Waals surface area contributed by atoms with Crippen molar-refractivity contribution in [1.29, 1.82) is 0 Å². The van der Waals surface area contributed by atoms with Gasteiger partial charge in [-0.05, 0) is 54.8 Å². The van der Waals surface area contributed by atoms with Crippen LogP contribution >= 0.6 is 15.9 Å². The molecule has 32 heavy (non-hydrogen) atoms. The monoisotopic (exact) mass is 494 g/mol. The van der Waals surface area contributed by atoms with E-state index in [-0.39, 0.29) is 17.5 Å². The molecule has 0 spiro atoms. The third-order valence-corrected chi connectivity index (χ3v) is 6.13. The maximum atomic E-state index is 13.3. The van der Waals surface area contributed by atoms with E-state index in [1.165, 1.54) is 12.3 Å². The highest BCUT2D eigenvalue weighted by Gasteiger charge is 2.36. The van der Waals surface area contributed by atoms with Crippen molar-refractivity contribution >= 4 is 33.8 Å². The van der Waals surface area contributed by atoms with Gasteiger partial charge in [0, 0.05) is 29.2 Å². The molecule has 2 amide bonds. The number of hydrogen-bond donors (Lipinski definition) is 2. The lowest BCUT2D eigenvalue weighted by atomic mass is 9.84. The van der Waals surface area contributed by atoms with Crippen LogP contribution in [0.3, 0.4) is 0 Å².